The Morgan fingerprint density at radius 3 is 2.43 bits per heavy atom. The monoisotopic (exact) mass is 290 g/mol. The summed E-state index contributed by atoms with van der Waals surface area (Å²) in [5, 5.41) is 11.5. The number of anilines is 1. The highest BCUT2D eigenvalue weighted by Crippen LogP contribution is 2.10. The second-order valence-electron chi connectivity index (χ2n) is 5.52. The van der Waals surface area contributed by atoms with Crippen LogP contribution in [0.5, 0.6) is 0 Å². The molecule has 1 aromatic rings. The summed E-state index contributed by atoms with van der Waals surface area (Å²) in [6.45, 7) is 5.85. The molecule has 0 atom stereocenters. The van der Waals surface area contributed by atoms with Gasteiger partial charge in [0.25, 0.3) is 0 Å². The molecule has 114 valence electrons. The first kappa shape index (κ1) is 15.3. The average molecular weight is 290 g/mol. The molecule has 0 aliphatic carbocycles. The third-order valence-corrected chi connectivity index (χ3v) is 3.25. The molecule has 0 saturated carbocycles. The van der Waals surface area contributed by atoms with Gasteiger partial charge in [0, 0.05) is 31.4 Å². The van der Waals surface area contributed by atoms with Crippen LogP contribution in [-0.4, -0.2) is 31.1 Å². The number of nitrogens with one attached hydrogen (secondary N) is 4. The van der Waals surface area contributed by atoms with Crippen LogP contribution < -0.4 is 21.3 Å². The zero-order valence-corrected chi connectivity index (χ0v) is 12.4. The van der Waals surface area contributed by atoms with E-state index in [9.17, 15) is 9.59 Å². The third-order valence-electron chi connectivity index (χ3n) is 3.25. The van der Waals surface area contributed by atoms with E-state index in [1.165, 1.54) is 0 Å². The zero-order valence-electron chi connectivity index (χ0n) is 12.4. The van der Waals surface area contributed by atoms with Crippen molar-refractivity contribution < 1.29 is 9.59 Å². The van der Waals surface area contributed by atoms with E-state index in [1.807, 2.05) is 38.1 Å². The number of carbonyl (C=O) groups is 2. The molecule has 1 saturated heterocycles. The fourth-order valence-electron chi connectivity index (χ4n) is 1.94. The minimum atomic E-state index is -0.219. The number of urea groups is 1. The van der Waals surface area contributed by atoms with Crippen molar-refractivity contribution >= 4 is 17.6 Å². The summed E-state index contributed by atoms with van der Waals surface area (Å²) in [6.07, 6.45) is 0. The molecule has 6 heteroatoms. The molecule has 1 aromatic carbocycles. The van der Waals surface area contributed by atoms with Crippen molar-refractivity contribution in [1.82, 2.24) is 16.0 Å². The highest BCUT2D eigenvalue weighted by atomic mass is 16.2. The van der Waals surface area contributed by atoms with Crippen molar-refractivity contribution in [3.63, 3.8) is 0 Å². The normalized spacial score (nSPS) is 14.4. The molecule has 3 amide bonds. The van der Waals surface area contributed by atoms with Crippen molar-refractivity contribution in [3.05, 3.63) is 29.8 Å². The lowest BCUT2D eigenvalue weighted by atomic mass is 10.0. The van der Waals surface area contributed by atoms with Gasteiger partial charge in [-0.25, -0.2) is 4.79 Å². The summed E-state index contributed by atoms with van der Waals surface area (Å²) in [4.78, 5) is 23.2. The summed E-state index contributed by atoms with van der Waals surface area (Å²) in [6, 6.07) is 7.32. The van der Waals surface area contributed by atoms with Gasteiger partial charge in [-0.3, -0.25) is 4.79 Å². The maximum absolute atomic E-state index is 11.7. The fourth-order valence-corrected chi connectivity index (χ4v) is 1.94. The van der Waals surface area contributed by atoms with Gasteiger partial charge in [-0.15, -0.1) is 0 Å². The predicted molar refractivity (Wildman–Crippen MR) is 81.9 cm³/mol. The number of benzene rings is 1. The summed E-state index contributed by atoms with van der Waals surface area (Å²) in [5.74, 6) is 0.193. The molecular weight excluding hydrogens is 268 g/mol. The SMILES string of the molecule is CC(C)NC(=O)Nc1ccc(CNC(=O)C2CNC2)cc1. The molecule has 1 aliphatic rings. The van der Waals surface area contributed by atoms with Crippen LogP contribution in [0.25, 0.3) is 0 Å². The highest BCUT2D eigenvalue weighted by molar-refractivity contribution is 5.89. The lowest BCUT2D eigenvalue weighted by Crippen LogP contribution is -2.50. The molecule has 0 radical (unpaired) electrons. The molecule has 21 heavy (non-hydrogen) atoms. The number of amides is 3. The van der Waals surface area contributed by atoms with Gasteiger partial charge in [0.15, 0.2) is 0 Å². The maximum atomic E-state index is 11.7. The molecule has 4 N–H and O–H groups in total. The van der Waals surface area contributed by atoms with Crippen molar-refractivity contribution in [1.29, 1.82) is 0 Å². The summed E-state index contributed by atoms with van der Waals surface area (Å²) < 4.78 is 0. The molecule has 2 rings (SSSR count). The van der Waals surface area contributed by atoms with E-state index in [1.54, 1.807) is 0 Å². The molecule has 0 unspecified atom stereocenters. The Morgan fingerprint density at radius 1 is 1.24 bits per heavy atom. The van der Waals surface area contributed by atoms with Gasteiger partial charge in [-0.2, -0.15) is 0 Å². The quantitative estimate of drug-likeness (QED) is 0.654. The van der Waals surface area contributed by atoms with Crippen LogP contribution in [0, 0.1) is 5.92 Å². The third kappa shape index (κ3) is 4.75. The fraction of sp³-hybridized carbons (Fsp3) is 0.467. The van der Waals surface area contributed by atoms with Crippen LogP contribution in [0.2, 0.25) is 0 Å². The van der Waals surface area contributed by atoms with Gasteiger partial charge in [0.05, 0.1) is 5.92 Å². The van der Waals surface area contributed by atoms with Crippen LogP contribution in [-0.2, 0) is 11.3 Å². The summed E-state index contributed by atoms with van der Waals surface area (Å²) in [5.41, 5.74) is 1.73. The first-order valence-electron chi connectivity index (χ1n) is 7.19. The first-order chi connectivity index (χ1) is 10.0. The highest BCUT2D eigenvalue weighted by Gasteiger charge is 2.24. The van der Waals surface area contributed by atoms with Crippen molar-refractivity contribution in [2.24, 2.45) is 5.92 Å². The Labute approximate surface area is 124 Å². The van der Waals surface area contributed by atoms with Crippen LogP contribution in [0.1, 0.15) is 19.4 Å². The molecule has 1 aliphatic heterocycles. The molecule has 6 nitrogen and oxygen atoms in total. The van der Waals surface area contributed by atoms with E-state index in [-0.39, 0.29) is 23.9 Å². The van der Waals surface area contributed by atoms with E-state index in [2.05, 4.69) is 21.3 Å². The Balaban J connectivity index is 1.78. The maximum Gasteiger partial charge on any atom is 0.319 e. The number of rotatable bonds is 5. The van der Waals surface area contributed by atoms with Crippen molar-refractivity contribution in [2.75, 3.05) is 18.4 Å². The van der Waals surface area contributed by atoms with E-state index < -0.39 is 0 Å². The zero-order chi connectivity index (χ0) is 15.2. The van der Waals surface area contributed by atoms with E-state index in [0.29, 0.717) is 6.54 Å². The van der Waals surface area contributed by atoms with Gasteiger partial charge in [0.2, 0.25) is 5.91 Å². The first-order valence-corrected chi connectivity index (χ1v) is 7.19. The summed E-state index contributed by atoms with van der Waals surface area (Å²) in [7, 11) is 0. The Kier molecular flexibility index (Phi) is 5.16. The van der Waals surface area contributed by atoms with Crippen LogP contribution in [0.15, 0.2) is 24.3 Å². The molecule has 0 spiro atoms. The number of carbonyl (C=O) groups excluding carboxylic acids is 2. The average Bonchev–Trinajstić information content (AvgIpc) is 2.35. The van der Waals surface area contributed by atoms with Gasteiger partial charge >= 0.3 is 6.03 Å². The molecule has 0 aromatic heterocycles. The number of hydrogen-bond donors (Lipinski definition) is 4. The molecule has 0 bridgehead atoms. The smallest absolute Gasteiger partial charge is 0.319 e. The van der Waals surface area contributed by atoms with Crippen LogP contribution in [0.4, 0.5) is 10.5 Å². The topological polar surface area (TPSA) is 82.3 Å². The lowest BCUT2D eigenvalue weighted by Gasteiger charge is -2.25. The molecular formula is C15H22N4O2. The lowest BCUT2D eigenvalue weighted by molar-refractivity contribution is -0.126. The summed E-state index contributed by atoms with van der Waals surface area (Å²) >= 11 is 0. The Morgan fingerprint density at radius 2 is 1.90 bits per heavy atom. The van der Waals surface area contributed by atoms with Gasteiger partial charge in [-0.1, -0.05) is 12.1 Å². The Hall–Kier alpha value is -2.08. The van der Waals surface area contributed by atoms with Gasteiger partial charge in [0.1, 0.15) is 0 Å². The minimum absolute atomic E-state index is 0.0901. The van der Waals surface area contributed by atoms with Crippen LogP contribution in [0.3, 0.4) is 0 Å². The van der Waals surface area contributed by atoms with E-state index in [4.69, 9.17) is 0 Å². The molecule has 1 fully saturated rings. The second kappa shape index (κ2) is 7.08. The predicted octanol–water partition coefficient (Wildman–Crippen LogP) is 1.05. The van der Waals surface area contributed by atoms with Gasteiger partial charge < -0.3 is 21.3 Å². The van der Waals surface area contributed by atoms with Gasteiger partial charge in [-0.05, 0) is 31.5 Å². The largest absolute Gasteiger partial charge is 0.352 e. The molecule has 1 heterocycles. The number of hydrogen-bond acceptors (Lipinski definition) is 3. The standard InChI is InChI=1S/C15H22N4O2/c1-10(2)18-15(21)19-13-5-3-11(4-6-13)7-17-14(20)12-8-16-9-12/h3-6,10,12,16H,7-9H2,1-2H3,(H,17,20)(H2,18,19,21). The van der Waals surface area contributed by atoms with Crippen molar-refractivity contribution in [2.45, 2.75) is 26.4 Å². The van der Waals surface area contributed by atoms with E-state index >= 15 is 0 Å². The van der Waals surface area contributed by atoms with E-state index in [0.717, 1.165) is 24.3 Å². The van der Waals surface area contributed by atoms with Crippen LogP contribution >= 0.6 is 0 Å². The van der Waals surface area contributed by atoms with Crippen molar-refractivity contribution in [3.8, 4) is 0 Å². The second-order valence-corrected chi connectivity index (χ2v) is 5.52. The minimum Gasteiger partial charge on any atom is -0.352 e. The Bertz CT molecular complexity index is 495.